The van der Waals surface area contributed by atoms with Crippen molar-refractivity contribution in [3.63, 3.8) is 0 Å². The lowest BCUT2D eigenvalue weighted by molar-refractivity contribution is 0.0745. The third-order valence-corrected chi connectivity index (χ3v) is 6.46. The molecule has 11 heteroatoms. The number of hydrogen-bond donors (Lipinski definition) is 0. The first kappa shape index (κ1) is 21.0. The van der Waals surface area contributed by atoms with Crippen LogP contribution < -0.4 is 4.90 Å². The molecule has 1 aliphatic carbocycles. The Morgan fingerprint density at radius 3 is 2.56 bits per heavy atom. The minimum absolute atomic E-state index is 0.0334. The maximum Gasteiger partial charge on any atom is 0.300 e. The number of anilines is 1. The van der Waals surface area contributed by atoms with Crippen molar-refractivity contribution in [1.29, 1.82) is 0 Å². The van der Waals surface area contributed by atoms with E-state index in [9.17, 15) is 9.18 Å². The predicted molar refractivity (Wildman–Crippen MR) is 123 cm³/mol. The molecule has 3 aromatic heterocycles. The van der Waals surface area contributed by atoms with E-state index in [0.29, 0.717) is 72.7 Å². The van der Waals surface area contributed by atoms with E-state index in [-0.39, 0.29) is 12.5 Å². The summed E-state index contributed by atoms with van der Waals surface area (Å²) in [4.78, 5) is 25.4. The largest absolute Gasteiger partial charge is 0.422 e. The Morgan fingerprint density at radius 2 is 1.82 bits per heavy atom. The lowest BCUT2D eigenvalue weighted by Crippen LogP contribution is -2.48. The zero-order valence-corrected chi connectivity index (χ0v) is 19.0. The Kier molecular flexibility index (Phi) is 4.98. The number of hydrogen-bond acceptors (Lipinski definition) is 7. The zero-order chi connectivity index (χ0) is 23.3. The van der Waals surface area contributed by atoms with Gasteiger partial charge in [0.1, 0.15) is 16.5 Å². The summed E-state index contributed by atoms with van der Waals surface area (Å²) in [5.41, 5.74) is 2.02. The molecule has 4 aromatic rings. The Hall–Kier alpha value is -3.53. The minimum Gasteiger partial charge on any atom is -0.422 e. The average molecular weight is 482 g/mol. The number of fused-ring (bicyclic) bond motifs is 1. The van der Waals surface area contributed by atoms with Crippen molar-refractivity contribution in [2.75, 3.05) is 31.1 Å². The summed E-state index contributed by atoms with van der Waals surface area (Å²) >= 11 is 5.92. The first-order valence-corrected chi connectivity index (χ1v) is 11.5. The SMILES string of the molecule is O=C(c1ccc(-c2cn(CC3(F)CC3)nn2)cc1)N1CCN(c2nc3nc(Cl)ccc3o2)CC1. The van der Waals surface area contributed by atoms with E-state index in [1.165, 1.54) is 0 Å². The molecule has 1 amide bonds. The van der Waals surface area contributed by atoms with Crippen LogP contribution >= 0.6 is 11.6 Å². The number of alkyl halides is 1. The molecule has 0 spiro atoms. The highest BCUT2D eigenvalue weighted by Gasteiger charge is 2.43. The van der Waals surface area contributed by atoms with Crippen LogP contribution in [0.3, 0.4) is 0 Å². The maximum absolute atomic E-state index is 13.9. The monoisotopic (exact) mass is 481 g/mol. The number of piperazine rings is 1. The molecule has 9 nitrogen and oxygen atoms in total. The number of halogens is 2. The molecule has 6 rings (SSSR count). The second-order valence-electron chi connectivity index (χ2n) is 8.76. The van der Waals surface area contributed by atoms with Gasteiger partial charge in [-0.3, -0.25) is 4.79 Å². The number of aromatic nitrogens is 5. The Labute approximate surface area is 199 Å². The van der Waals surface area contributed by atoms with Crippen molar-refractivity contribution in [2.24, 2.45) is 0 Å². The van der Waals surface area contributed by atoms with Crippen LogP contribution in [0.2, 0.25) is 5.15 Å². The van der Waals surface area contributed by atoms with Crippen molar-refractivity contribution in [3.05, 3.63) is 53.3 Å². The summed E-state index contributed by atoms with van der Waals surface area (Å²) in [6.07, 6.45) is 2.90. The number of benzene rings is 1. The summed E-state index contributed by atoms with van der Waals surface area (Å²) in [6, 6.07) is 11.2. The molecule has 1 aromatic carbocycles. The number of oxazole rings is 1. The van der Waals surface area contributed by atoms with Gasteiger partial charge in [-0.15, -0.1) is 5.10 Å². The van der Waals surface area contributed by atoms with Crippen LogP contribution in [-0.4, -0.2) is 67.6 Å². The average Bonchev–Trinajstić information content (AvgIpc) is 3.22. The molecule has 0 unspecified atom stereocenters. The number of pyridine rings is 1. The summed E-state index contributed by atoms with van der Waals surface area (Å²) in [7, 11) is 0. The van der Waals surface area contributed by atoms with E-state index in [1.807, 2.05) is 21.9 Å². The second-order valence-corrected chi connectivity index (χ2v) is 9.15. The van der Waals surface area contributed by atoms with Crippen LogP contribution in [0.5, 0.6) is 0 Å². The van der Waals surface area contributed by atoms with Crippen LogP contribution in [-0.2, 0) is 6.54 Å². The van der Waals surface area contributed by atoms with Crippen LogP contribution in [0.4, 0.5) is 10.4 Å². The fourth-order valence-corrected chi connectivity index (χ4v) is 4.22. The van der Waals surface area contributed by atoms with Gasteiger partial charge in [0.25, 0.3) is 11.9 Å². The van der Waals surface area contributed by atoms with Crippen LogP contribution in [0.1, 0.15) is 23.2 Å². The molecule has 34 heavy (non-hydrogen) atoms. The van der Waals surface area contributed by atoms with Crippen molar-refractivity contribution in [3.8, 4) is 11.3 Å². The van der Waals surface area contributed by atoms with E-state index in [4.69, 9.17) is 16.0 Å². The number of rotatable bonds is 5. The van der Waals surface area contributed by atoms with Gasteiger partial charge in [0.2, 0.25) is 5.65 Å². The van der Waals surface area contributed by atoms with Crippen LogP contribution in [0.15, 0.2) is 47.0 Å². The van der Waals surface area contributed by atoms with E-state index in [0.717, 1.165) is 5.56 Å². The molecular formula is C23H21ClFN7O2. The fraction of sp³-hybridized carbons (Fsp3) is 0.348. The normalized spacial score (nSPS) is 17.4. The van der Waals surface area contributed by atoms with Gasteiger partial charge in [0.15, 0.2) is 5.58 Å². The lowest BCUT2D eigenvalue weighted by Gasteiger charge is -2.33. The molecule has 2 fully saturated rings. The minimum atomic E-state index is -1.13. The number of carbonyl (C=O) groups excluding carboxylic acids is 1. The summed E-state index contributed by atoms with van der Waals surface area (Å²) in [6.45, 7) is 2.53. The Balaban J connectivity index is 1.09. The van der Waals surface area contributed by atoms with E-state index >= 15 is 0 Å². The van der Waals surface area contributed by atoms with Crippen LogP contribution in [0, 0.1) is 0 Å². The standard InChI is InChI=1S/C23H21ClFN7O2/c24-19-6-5-18-20(26-19)27-22(34-18)31-11-9-30(10-12-31)21(33)16-3-1-15(2-4-16)17-13-32(29-28-17)14-23(25)7-8-23/h1-6,13H,7-12,14H2. The van der Waals surface area contributed by atoms with Crippen LogP contribution in [0.25, 0.3) is 22.5 Å². The van der Waals surface area contributed by atoms with Gasteiger partial charge in [0.05, 0.1) is 12.7 Å². The molecule has 1 saturated carbocycles. The summed E-state index contributed by atoms with van der Waals surface area (Å²) < 4.78 is 21.3. The zero-order valence-electron chi connectivity index (χ0n) is 18.2. The smallest absolute Gasteiger partial charge is 0.300 e. The van der Waals surface area contributed by atoms with Crippen molar-refractivity contribution >= 4 is 34.8 Å². The first-order valence-electron chi connectivity index (χ1n) is 11.1. The van der Waals surface area contributed by atoms with Crippen molar-refractivity contribution < 1.29 is 13.6 Å². The predicted octanol–water partition coefficient (Wildman–Crippen LogP) is 3.60. The molecule has 0 radical (unpaired) electrons. The van der Waals surface area contributed by atoms with E-state index < -0.39 is 5.67 Å². The topological polar surface area (TPSA) is 93.2 Å². The summed E-state index contributed by atoms with van der Waals surface area (Å²) in [5, 5.41) is 8.53. The molecule has 0 bridgehead atoms. The molecule has 174 valence electrons. The molecular weight excluding hydrogens is 461 g/mol. The van der Waals surface area contributed by atoms with Gasteiger partial charge in [-0.1, -0.05) is 28.9 Å². The number of nitrogens with zero attached hydrogens (tertiary/aromatic N) is 7. The second kappa shape index (κ2) is 8.05. The van der Waals surface area contributed by atoms with Gasteiger partial charge < -0.3 is 14.2 Å². The molecule has 2 aliphatic rings. The Morgan fingerprint density at radius 1 is 1.06 bits per heavy atom. The molecule has 0 atom stereocenters. The van der Waals surface area contributed by atoms with E-state index in [1.54, 1.807) is 35.1 Å². The summed E-state index contributed by atoms with van der Waals surface area (Å²) in [5.74, 6) is -0.0334. The molecule has 0 N–H and O–H groups in total. The van der Waals surface area contributed by atoms with Crippen molar-refractivity contribution in [1.82, 2.24) is 29.9 Å². The third-order valence-electron chi connectivity index (χ3n) is 6.25. The maximum atomic E-state index is 13.9. The highest BCUT2D eigenvalue weighted by molar-refractivity contribution is 6.29. The third kappa shape index (κ3) is 4.09. The van der Waals surface area contributed by atoms with Gasteiger partial charge in [-0.25, -0.2) is 14.1 Å². The molecule has 4 heterocycles. The quantitative estimate of drug-likeness (QED) is 0.402. The van der Waals surface area contributed by atoms with Crippen molar-refractivity contribution in [2.45, 2.75) is 25.1 Å². The van der Waals surface area contributed by atoms with Gasteiger partial charge in [-0.05, 0) is 37.1 Å². The van der Waals surface area contributed by atoms with Gasteiger partial charge in [-0.2, -0.15) is 4.98 Å². The number of carbonyl (C=O) groups is 1. The molecule has 1 aliphatic heterocycles. The Bertz CT molecular complexity index is 1360. The number of amides is 1. The van der Waals surface area contributed by atoms with Gasteiger partial charge in [0, 0.05) is 37.3 Å². The van der Waals surface area contributed by atoms with Gasteiger partial charge >= 0.3 is 0 Å². The molecule has 1 saturated heterocycles. The van der Waals surface area contributed by atoms with E-state index in [2.05, 4.69) is 20.3 Å². The first-order chi connectivity index (χ1) is 16.5. The highest BCUT2D eigenvalue weighted by atomic mass is 35.5. The lowest BCUT2D eigenvalue weighted by atomic mass is 10.1. The fourth-order valence-electron chi connectivity index (χ4n) is 4.08. The highest BCUT2D eigenvalue weighted by Crippen LogP contribution is 2.41.